The number of halogens is 1. The lowest BCUT2D eigenvalue weighted by atomic mass is 10.1. The van der Waals surface area contributed by atoms with E-state index in [2.05, 4.69) is 49.4 Å². The minimum absolute atomic E-state index is 0.764. The molecule has 0 saturated carbocycles. The van der Waals surface area contributed by atoms with Crippen LogP contribution in [0.2, 0.25) is 0 Å². The molecule has 0 unspecified atom stereocenters. The zero-order valence-corrected chi connectivity index (χ0v) is 11.1. The highest BCUT2D eigenvalue weighted by Gasteiger charge is 2.01. The van der Waals surface area contributed by atoms with Gasteiger partial charge in [-0.2, -0.15) is 0 Å². The summed E-state index contributed by atoms with van der Waals surface area (Å²) in [6.45, 7) is 0. The summed E-state index contributed by atoms with van der Waals surface area (Å²) in [5.41, 5.74) is 1.04. The largest absolute Gasteiger partial charge is 0.340 e. The van der Waals surface area contributed by atoms with Crippen LogP contribution in [0.5, 0.6) is 0 Å². The van der Waals surface area contributed by atoms with E-state index in [9.17, 15) is 0 Å². The molecule has 2 aromatic carbocycles. The highest BCUT2D eigenvalue weighted by Crippen LogP contribution is 2.25. The van der Waals surface area contributed by atoms with Crippen LogP contribution in [0.1, 0.15) is 0 Å². The van der Waals surface area contributed by atoms with Crippen molar-refractivity contribution in [3.63, 3.8) is 0 Å². The Morgan fingerprint density at radius 2 is 1.78 bits per heavy atom. The average Bonchev–Trinajstić information content (AvgIpc) is 2.39. The van der Waals surface area contributed by atoms with E-state index in [1.54, 1.807) is 0 Å². The maximum absolute atomic E-state index is 4.19. The first-order valence-electron chi connectivity index (χ1n) is 5.55. The molecule has 1 aromatic heterocycles. The van der Waals surface area contributed by atoms with Gasteiger partial charge in [-0.25, -0.2) is 9.97 Å². The maximum Gasteiger partial charge on any atom is 0.134 e. The van der Waals surface area contributed by atoms with E-state index in [-0.39, 0.29) is 0 Å². The van der Waals surface area contributed by atoms with Crippen molar-refractivity contribution in [2.24, 2.45) is 0 Å². The molecule has 0 radical (unpaired) electrons. The quantitative estimate of drug-likeness (QED) is 0.723. The van der Waals surface area contributed by atoms with Gasteiger partial charge in [-0.3, -0.25) is 0 Å². The fraction of sp³-hybridized carbons (Fsp3) is 0. The van der Waals surface area contributed by atoms with Crippen molar-refractivity contribution in [3.05, 3.63) is 59.5 Å². The molecule has 0 spiro atoms. The second-order valence-electron chi connectivity index (χ2n) is 3.88. The molecule has 0 atom stereocenters. The molecule has 4 heteroatoms. The van der Waals surface area contributed by atoms with Gasteiger partial charge >= 0.3 is 0 Å². The summed E-state index contributed by atoms with van der Waals surface area (Å²) in [5, 5.41) is 5.69. The number of rotatable bonds is 2. The van der Waals surface area contributed by atoms with E-state index in [1.165, 1.54) is 17.1 Å². The molecule has 0 saturated heterocycles. The Morgan fingerprint density at radius 1 is 0.944 bits per heavy atom. The smallest absolute Gasteiger partial charge is 0.134 e. The van der Waals surface area contributed by atoms with Crippen molar-refractivity contribution in [1.29, 1.82) is 0 Å². The summed E-state index contributed by atoms with van der Waals surface area (Å²) in [6.07, 6.45) is 1.53. The van der Waals surface area contributed by atoms with E-state index >= 15 is 0 Å². The predicted molar refractivity (Wildman–Crippen MR) is 77.0 cm³/mol. The lowest BCUT2D eigenvalue weighted by Gasteiger charge is -2.08. The van der Waals surface area contributed by atoms with Gasteiger partial charge in [0.1, 0.15) is 16.7 Å². The van der Waals surface area contributed by atoms with E-state index in [1.807, 2.05) is 30.3 Å². The topological polar surface area (TPSA) is 37.8 Å². The van der Waals surface area contributed by atoms with Gasteiger partial charge < -0.3 is 5.32 Å². The first-order chi connectivity index (χ1) is 8.83. The van der Waals surface area contributed by atoms with Crippen molar-refractivity contribution in [2.45, 2.75) is 0 Å². The molecule has 88 valence electrons. The van der Waals surface area contributed by atoms with Crippen LogP contribution in [0.25, 0.3) is 10.8 Å². The number of nitrogens with zero attached hydrogens (tertiary/aromatic N) is 2. The fourth-order valence-corrected chi connectivity index (χ4v) is 2.18. The van der Waals surface area contributed by atoms with E-state index in [0.29, 0.717) is 0 Å². The number of hydrogen-bond acceptors (Lipinski definition) is 3. The second-order valence-corrected chi connectivity index (χ2v) is 4.69. The van der Waals surface area contributed by atoms with E-state index in [4.69, 9.17) is 0 Å². The third-order valence-electron chi connectivity index (χ3n) is 2.69. The van der Waals surface area contributed by atoms with Crippen LogP contribution < -0.4 is 5.32 Å². The number of benzene rings is 2. The Balaban J connectivity index is 2.05. The highest BCUT2D eigenvalue weighted by atomic mass is 79.9. The Kier molecular flexibility index (Phi) is 2.94. The Morgan fingerprint density at radius 3 is 2.67 bits per heavy atom. The Labute approximate surface area is 113 Å². The molecule has 0 aliphatic rings. The van der Waals surface area contributed by atoms with Crippen molar-refractivity contribution in [2.75, 3.05) is 5.32 Å². The highest BCUT2D eigenvalue weighted by molar-refractivity contribution is 9.10. The van der Waals surface area contributed by atoms with Gasteiger partial charge in [0.25, 0.3) is 0 Å². The van der Waals surface area contributed by atoms with E-state index in [0.717, 1.165) is 16.1 Å². The van der Waals surface area contributed by atoms with Gasteiger partial charge in [0.15, 0.2) is 0 Å². The minimum atomic E-state index is 0.764. The molecule has 0 bridgehead atoms. The van der Waals surface area contributed by atoms with Gasteiger partial charge in [0, 0.05) is 17.1 Å². The standard InChI is InChI=1S/C14H10BrN3/c15-13-8-14(17-9-16-13)18-12-7-3-5-10-4-1-2-6-11(10)12/h1-9H,(H,16,17,18). The molecule has 0 aliphatic heterocycles. The number of nitrogens with one attached hydrogen (secondary N) is 1. The SMILES string of the molecule is Brc1cc(Nc2cccc3ccccc23)ncn1. The Bertz CT molecular complexity index is 692. The summed E-state index contributed by atoms with van der Waals surface area (Å²) >= 11 is 3.33. The molecule has 3 aromatic rings. The van der Waals surface area contributed by atoms with Crippen LogP contribution in [0.15, 0.2) is 59.5 Å². The molecule has 18 heavy (non-hydrogen) atoms. The van der Waals surface area contributed by atoms with Gasteiger partial charge in [-0.05, 0) is 27.4 Å². The average molecular weight is 300 g/mol. The van der Waals surface area contributed by atoms with Crippen LogP contribution in [0.3, 0.4) is 0 Å². The summed E-state index contributed by atoms with van der Waals surface area (Å²) < 4.78 is 0.764. The number of anilines is 2. The van der Waals surface area contributed by atoms with Crippen LogP contribution in [-0.4, -0.2) is 9.97 Å². The van der Waals surface area contributed by atoms with E-state index < -0.39 is 0 Å². The maximum atomic E-state index is 4.19. The van der Waals surface area contributed by atoms with Crippen LogP contribution in [0, 0.1) is 0 Å². The first-order valence-corrected chi connectivity index (χ1v) is 6.34. The van der Waals surface area contributed by atoms with Gasteiger partial charge in [-0.1, -0.05) is 36.4 Å². The van der Waals surface area contributed by atoms with Gasteiger partial charge in [-0.15, -0.1) is 0 Å². The zero-order chi connectivity index (χ0) is 12.4. The van der Waals surface area contributed by atoms with Crippen molar-refractivity contribution in [1.82, 2.24) is 9.97 Å². The van der Waals surface area contributed by atoms with Crippen LogP contribution in [-0.2, 0) is 0 Å². The molecule has 3 nitrogen and oxygen atoms in total. The zero-order valence-electron chi connectivity index (χ0n) is 9.47. The lowest BCUT2D eigenvalue weighted by Crippen LogP contribution is -1.94. The Hall–Kier alpha value is -1.94. The predicted octanol–water partition coefficient (Wildman–Crippen LogP) is 4.14. The lowest BCUT2D eigenvalue weighted by molar-refractivity contribution is 1.14. The molecule has 1 heterocycles. The second kappa shape index (κ2) is 4.74. The summed E-state index contributed by atoms with van der Waals surface area (Å²) in [5.74, 6) is 0.772. The molecule has 0 aliphatic carbocycles. The fourth-order valence-electron chi connectivity index (χ4n) is 1.87. The summed E-state index contributed by atoms with van der Waals surface area (Å²) in [6, 6.07) is 16.3. The van der Waals surface area contributed by atoms with Crippen LogP contribution >= 0.6 is 15.9 Å². The number of aromatic nitrogens is 2. The molecule has 0 fully saturated rings. The third-order valence-corrected chi connectivity index (χ3v) is 3.12. The van der Waals surface area contributed by atoms with Crippen molar-refractivity contribution in [3.8, 4) is 0 Å². The summed E-state index contributed by atoms with van der Waals surface area (Å²) in [4.78, 5) is 8.20. The molecule has 3 rings (SSSR count). The monoisotopic (exact) mass is 299 g/mol. The summed E-state index contributed by atoms with van der Waals surface area (Å²) in [7, 11) is 0. The number of fused-ring (bicyclic) bond motifs is 1. The molecule has 0 amide bonds. The minimum Gasteiger partial charge on any atom is -0.340 e. The van der Waals surface area contributed by atoms with Crippen molar-refractivity contribution >= 4 is 38.2 Å². The molecular formula is C14H10BrN3. The van der Waals surface area contributed by atoms with Gasteiger partial charge in [0.05, 0.1) is 0 Å². The molecular weight excluding hydrogens is 290 g/mol. The number of hydrogen-bond donors (Lipinski definition) is 1. The van der Waals surface area contributed by atoms with Crippen LogP contribution in [0.4, 0.5) is 11.5 Å². The van der Waals surface area contributed by atoms with Gasteiger partial charge in [0.2, 0.25) is 0 Å². The third kappa shape index (κ3) is 2.19. The first kappa shape index (κ1) is 11.2. The normalized spacial score (nSPS) is 10.5. The molecule has 1 N–H and O–H groups in total. The van der Waals surface area contributed by atoms with Crippen molar-refractivity contribution < 1.29 is 0 Å².